The minimum absolute atomic E-state index is 0.000343. The molecule has 6 unspecified atom stereocenters. The Labute approximate surface area is 410 Å². The van der Waals surface area contributed by atoms with Crippen molar-refractivity contribution in [1.29, 1.82) is 0 Å². The van der Waals surface area contributed by atoms with Gasteiger partial charge < -0.3 is 40.0 Å². The van der Waals surface area contributed by atoms with E-state index >= 15 is 17.6 Å². The topological polar surface area (TPSA) is 156 Å². The summed E-state index contributed by atoms with van der Waals surface area (Å²) in [7, 11) is 2.98. The molecule has 6 heterocycles. The molecule has 10 rings (SSSR count). The minimum Gasteiger partial charge on any atom is -0.495 e. The second-order valence-corrected chi connectivity index (χ2v) is 18.9. The third-order valence-corrected chi connectivity index (χ3v) is 15.0. The summed E-state index contributed by atoms with van der Waals surface area (Å²) in [6, 6.07) is 7.25. The molecule has 370 valence electrons. The van der Waals surface area contributed by atoms with Crippen LogP contribution in [0, 0.1) is 11.6 Å². The van der Waals surface area contributed by atoms with Gasteiger partial charge in [0.1, 0.15) is 47.0 Å². The maximum Gasteiger partial charge on any atom is 0.413 e. The first-order valence-electron chi connectivity index (χ1n) is 23.3. The summed E-state index contributed by atoms with van der Waals surface area (Å²) in [6.45, 7) is 7.38. The molecular weight excluding hydrogens is 949 g/mol. The number of nitrogens with zero attached hydrogens (tertiary/aromatic N) is 6. The molecule has 5 aromatic rings. The molecule has 1 aliphatic carbocycles. The van der Waals surface area contributed by atoms with E-state index in [2.05, 4.69) is 49.0 Å². The lowest BCUT2D eigenvalue weighted by molar-refractivity contribution is -0.134. The molecule has 3 N–H and O–H groups in total. The first kappa shape index (κ1) is 47.6. The van der Waals surface area contributed by atoms with Gasteiger partial charge in [0.05, 0.1) is 48.2 Å². The molecule has 2 amide bonds. The summed E-state index contributed by atoms with van der Waals surface area (Å²) < 4.78 is 94.1. The molecule has 3 aromatic carbocycles. The van der Waals surface area contributed by atoms with Crippen molar-refractivity contribution in [2.45, 2.75) is 106 Å². The van der Waals surface area contributed by atoms with Crippen LogP contribution in [0.3, 0.4) is 0 Å². The summed E-state index contributed by atoms with van der Waals surface area (Å²) in [4.78, 5) is 47.5. The number of alkyl halides is 3. The lowest BCUT2D eigenvalue weighted by atomic mass is 9.74. The number of hydrogen-bond donors (Lipinski definition) is 3. The van der Waals surface area contributed by atoms with Crippen LogP contribution in [0.2, 0.25) is 5.02 Å². The van der Waals surface area contributed by atoms with Crippen LogP contribution in [-0.2, 0) is 9.59 Å². The number of amides is 2. The zero-order chi connectivity index (χ0) is 49.9. The predicted octanol–water partition coefficient (Wildman–Crippen LogP) is 10.1. The number of carbonyl (C=O) groups is 2. The highest BCUT2D eigenvalue weighted by Crippen LogP contribution is 2.54. The molecule has 4 fully saturated rings. The van der Waals surface area contributed by atoms with Crippen LogP contribution >= 0.6 is 11.6 Å². The summed E-state index contributed by atoms with van der Waals surface area (Å²) >= 11 is 5.85. The molecule has 4 aliphatic heterocycles. The Morgan fingerprint density at radius 3 is 2.17 bits per heavy atom. The number of methoxy groups -OCH3 is 2. The molecule has 14 nitrogen and oxygen atoms in total. The number of nitrogens with one attached hydrogen (secondary N) is 3. The van der Waals surface area contributed by atoms with Crippen molar-refractivity contribution in [1.82, 2.24) is 29.7 Å². The van der Waals surface area contributed by atoms with Crippen molar-refractivity contribution in [3.63, 3.8) is 0 Å². The van der Waals surface area contributed by atoms with Gasteiger partial charge in [0.15, 0.2) is 17.3 Å². The normalized spacial score (nSPS) is 24.8. The van der Waals surface area contributed by atoms with E-state index in [1.807, 2.05) is 4.90 Å². The van der Waals surface area contributed by atoms with Gasteiger partial charge >= 0.3 is 6.18 Å². The number of rotatable bonds is 13. The van der Waals surface area contributed by atoms with Crippen LogP contribution in [0.1, 0.15) is 57.8 Å². The Morgan fingerprint density at radius 2 is 1.49 bits per heavy atom. The average molecular weight is 998 g/mol. The Hall–Kier alpha value is -7.02. The molecule has 0 radical (unpaired) electrons. The minimum atomic E-state index is -4.79. The Bertz CT molecular complexity index is 3050. The number of anilines is 4. The maximum absolute atomic E-state index is 15.7. The van der Waals surface area contributed by atoms with Crippen molar-refractivity contribution in [3.05, 3.63) is 114 Å². The lowest BCUT2D eigenvalue weighted by Gasteiger charge is -2.50. The van der Waals surface area contributed by atoms with Crippen LogP contribution in [0.25, 0.3) is 21.8 Å². The number of ether oxygens (including phenoxy) is 3. The van der Waals surface area contributed by atoms with E-state index in [0.29, 0.717) is 70.4 Å². The lowest BCUT2D eigenvalue weighted by Crippen LogP contribution is -2.59. The summed E-state index contributed by atoms with van der Waals surface area (Å²) in [6.07, 6.45) is 6.96. The van der Waals surface area contributed by atoms with Gasteiger partial charge in [-0.2, -0.15) is 13.2 Å². The zero-order valence-corrected chi connectivity index (χ0v) is 39.4. The molecule has 5 aliphatic rings. The van der Waals surface area contributed by atoms with Crippen molar-refractivity contribution in [3.8, 4) is 17.2 Å². The van der Waals surface area contributed by atoms with E-state index in [-0.39, 0.29) is 59.8 Å². The fourth-order valence-electron chi connectivity index (χ4n) is 11.6. The quantitative estimate of drug-likeness (QED) is 0.0584. The molecule has 0 spiro atoms. The monoisotopic (exact) mass is 997 g/mol. The van der Waals surface area contributed by atoms with Gasteiger partial charge in [-0.05, 0) is 80.5 Å². The van der Waals surface area contributed by atoms with E-state index in [4.69, 9.17) is 25.8 Å². The molecular formula is C51H49ClF5N9O5. The second-order valence-electron chi connectivity index (χ2n) is 18.5. The highest BCUT2D eigenvalue weighted by atomic mass is 35.5. The second kappa shape index (κ2) is 18.6. The molecule has 20 heteroatoms. The van der Waals surface area contributed by atoms with E-state index in [9.17, 15) is 14.0 Å². The molecule has 6 atom stereocenters. The van der Waals surface area contributed by atoms with Crippen molar-refractivity contribution in [2.24, 2.45) is 0 Å². The van der Waals surface area contributed by atoms with Crippen LogP contribution in [0.15, 0.2) is 97.7 Å². The van der Waals surface area contributed by atoms with E-state index < -0.39 is 64.4 Å². The van der Waals surface area contributed by atoms with Gasteiger partial charge in [-0.1, -0.05) is 36.9 Å². The number of hydrogen-bond acceptors (Lipinski definition) is 12. The molecule has 4 saturated heterocycles. The van der Waals surface area contributed by atoms with Crippen LogP contribution in [-0.4, -0.2) is 104 Å². The summed E-state index contributed by atoms with van der Waals surface area (Å²) in [5.41, 5.74) is -0.929. The smallest absolute Gasteiger partial charge is 0.413 e. The van der Waals surface area contributed by atoms with Gasteiger partial charge in [-0.3, -0.25) is 9.59 Å². The molecule has 71 heavy (non-hydrogen) atoms. The zero-order valence-electron chi connectivity index (χ0n) is 38.7. The van der Waals surface area contributed by atoms with Crippen LogP contribution in [0.5, 0.6) is 17.2 Å². The fraction of sp³-hybridized carbons (Fsp3) is 0.373. The van der Waals surface area contributed by atoms with E-state index in [1.165, 1.54) is 45.1 Å². The predicted molar refractivity (Wildman–Crippen MR) is 258 cm³/mol. The first-order chi connectivity index (χ1) is 34.1. The van der Waals surface area contributed by atoms with Gasteiger partial charge in [0.25, 0.3) is 0 Å². The van der Waals surface area contributed by atoms with E-state index in [1.54, 1.807) is 35.2 Å². The number of aromatic nitrogens is 4. The molecule has 4 bridgehead atoms. The Kier molecular flexibility index (Phi) is 12.5. The average Bonchev–Trinajstić information content (AvgIpc) is 3.78. The molecule has 0 saturated carbocycles. The van der Waals surface area contributed by atoms with E-state index in [0.717, 1.165) is 25.0 Å². The number of piperidine rings is 2. The van der Waals surface area contributed by atoms with Crippen LogP contribution in [0.4, 0.5) is 45.0 Å². The van der Waals surface area contributed by atoms with Crippen LogP contribution < -0.4 is 30.2 Å². The maximum atomic E-state index is 15.7. The first-order valence-corrected chi connectivity index (χ1v) is 23.7. The van der Waals surface area contributed by atoms with Gasteiger partial charge in [0, 0.05) is 71.9 Å². The summed E-state index contributed by atoms with van der Waals surface area (Å²) in [5, 5.41) is 9.87. The standard InChI is InChI=1S/C51H49ClF5N9O5/c1-5-44(67)65-28-8-9-29(65)18-31(17-28)71-43-20-33-39(22-42(43)70-4)59-24-60-48(33)63-26-7-10-34(35(16-26)51(55,56)57)50-14-13-30(66(50)45(68)6-2)15-27(23-50)62-40-19-32-38(21-41(40)69-3)58-25-61-49(32)64-37-12-11-36(53)46(52)47(37)54/h5-7,10-12,19-22,24-31,62H,1-2,8-9,13-18,23H2,3-4H3,(H,58,61,64)(H,59,60,63). The van der Waals surface area contributed by atoms with Gasteiger partial charge in [-0.25, -0.2) is 28.7 Å². The largest absolute Gasteiger partial charge is 0.495 e. The van der Waals surface area contributed by atoms with Gasteiger partial charge in [-0.15, -0.1) is 0 Å². The fourth-order valence-corrected chi connectivity index (χ4v) is 11.8. The Balaban J connectivity index is 0.940. The van der Waals surface area contributed by atoms with Crippen molar-refractivity contribution >= 4 is 68.2 Å². The molecule has 2 aromatic heterocycles. The number of benzene rings is 3. The third-order valence-electron chi connectivity index (χ3n) is 14.6. The summed E-state index contributed by atoms with van der Waals surface area (Å²) in [5.74, 6) is -0.826. The van der Waals surface area contributed by atoms with Gasteiger partial charge in [0.2, 0.25) is 11.8 Å². The Morgan fingerprint density at radius 1 is 0.817 bits per heavy atom. The highest BCUT2D eigenvalue weighted by Gasteiger charge is 2.57. The number of carbonyl (C=O) groups excluding carboxylic acids is 2. The SMILES string of the molecule is C=CC(=O)N1C2CCC1CC(Oc1cc3c(NC4C=CC(C56CCC(CC(Nc7cc8c(Nc9ccc(F)c(Cl)c9F)ncnc8cc7OC)C5)N6C(=O)C=C)=C(C(F)(F)F)C4)ncnc3cc1OC)C2. The number of fused-ring (bicyclic) bond motifs is 6. The number of halogens is 6. The highest BCUT2D eigenvalue weighted by molar-refractivity contribution is 6.31. The third kappa shape index (κ3) is 8.60. The van der Waals surface area contributed by atoms with Crippen molar-refractivity contribution in [2.75, 3.05) is 30.2 Å². The van der Waals surface area contributed by atoms with Crippen molar-refractivity contribution < 1.29 is 45.8 Å².